The van der Waals surface area contributed by atoms with Crippen molar-refractivity contribution in [1.82, 2.24) is 10.6 Å². The second-order valence-corrected chi connectivity index (χ2v) is 4.33. The fourth-order valence-corrected chi connectivity index (χ4v) is 1.91. The zero-order valence-corrected chi connectivity index (χ0v) is 10.9. The van der Waals surface area contributed by atoms with Crippen molar-refractivity contribution in [3.8, 4) is 0 Å². The Morgan fingerprint density at radius 3 is 2.89 bits per heavy atom. The molecular formula is C14H16N2O3. The van der Waals surface area contributed by atoms with Gasteiger partial charge in [-0.1, -0.05) is 13.0 Å². The Bertz CT molecular complexity index is 604. The number of rotatable bonds is 4. The van der Waals surface area contributed by atoms with Crippen molar-refractivity contribution in [1.29, 1.82) is 0 Å². The number of furan rings is 1. The minimum absolute atomic E-state index is 0.308. The van der Waals surface area contributed by atoms with Crippen molar-refractivity contribution in [2.24, 2.45) is 0 Å². The van der Waals surface area contributed by atoms with Gasteiger partial charge in [-0.3, -0.25) is 10.1 Å². The number of nitrogens with one attached hydrogen (secondary N) is 2. The van der Waals surface area contributed by atoms with Crippen molar-refractivity contribution in [3.63, 3.8) is 0 Å². The molecule has 2 N–H and O–H groups in total. The molecule has 0 aliphatic rings. The fourth-order valence-electron chi connectivity index (χ4n) is 1.91. The lowest BCUT2D eigenvalue weighted by Crippen LogP contribution is -2.35. The molecular weight excluding hydrogens is 244 g/mol. The maximum absolute atomic E-state index is 11.2. The van der Waals surface area contributed by atoms with Crippen LogP contribution in [0, 0.1) is 0 Å². The molecule has 2 aromatic rings. The highest BCUT2D eigenvalue weighted by molar-refractivity contribution is 5.84. The molecule has 3 amide bonds. The van der Waals surface area contributed by atoms with Gasteiger partial charge in [-0.15, -0.1) is 0 Å². The molecule has 0 fully saturated rings. The van der Waals surface area contributed by atoms with Crippen LogP contribution in [0.4, 0.5) is 4.79 Å². The summed E-state index contributed by atoms with van der Waals surface area (Å²) >= 11 is 0. The number of hydrogen-bond donors (Lipinski definition) is 2. The highest BCUT2D eigenvalue weighted by Crippen LogP contribution is 2.24. The van der Waals surface area contributed by atoms with Crippen LogP contribution in [0.25, 0.3) is 11.0 Å². The first-order valence-corrected chi connectivity index (χ1v) is 6.17. The predicted octanol–water partition coefficient (Wildman–Crippen LogP) is 2.51. The van der Waals surface area contributed by atoms with Crippen LogP contribution >= 0.6 is 0 Å². The summed E-state index contributed by atoms with van der Waals surface area (Å²) in [7, 11) is 0. The summed E-state index contributed by atoms with van der Waals surface area (Å²) in [5.74, 6) is 0.657. The maximum Gasteiger partial charge on any atom is 0.321 e. The zero-order chi connectivity index (χ0) is 13.8. The normalized spacial score (nSPS) is 12.1. The molecule has 0 saturated carbocycles. The largest absolute Gasteiger partial charge is 0.459 e. The van der Waals surface area contributed by atoms with Crippen molar-refractivity contribution >= 4 is 23.4 Å². The molecule has 19 heavy (non-hydrogen) atoms. The van der Waals surface area contributed by atoms with Gasteiger partial charge in [-0.2, -0.15) is 0 Å². The van der Waals surface area contributed by atoms with E-state index in [4.69, 9.17) is 4.42 Å². The SMILES string of the molecule is CCc1ccc2oc(C(C)NC(=O)NC=O)cc2c1. The highest BCUT2D eigenvalue weighted by Gasteiger charge is 2.13. The fraction of sp³-hybridized carbons (Fsp3) is 0.286. The molecule has 1 heterocycles. The molecule has 0 aliphatic carbocycles. The molecule has 0 saturated heterocycles. The van der Waals surface area contributed by atoms with Crippen LogP contribution in [0.2, 0.25) is 0 Å². The lowest BCUT2D eigenvalue weighted by Gasteiger charge is -2.09. The molecule has 0 spiro atoms. The maximum atomic E-state index is 11.2. The number of aryl methyl sites for hydroxylation is 1. The molecule has 1 unspecified atom stereocenters. The number of carbonyl (C=O) groups is 2. The summed E-state index contributed by atoms with van der Waals surface area (Å²) in [6, 6.07) is 7.07. The molecule has 5 nitrogen and oxygen atoms in total. The molecule has 0 radical (unpaired) electrons. The Morgan fingerprint density at radius 2 is 2.21 bits per heavy atom. The Hall–Kier alpha value is -2.30. The van der Waals surface area contributed by atoms with Gasteiger partial charge < -0.3 is 9.73 Å². The van der Waals surface area contributed by atoms with E-state index in [0.29, 0.717) is 12.2 Å². The van der Waals surface area contributed by atoms with Crippen molar-refractivity contribution < 1.29 is 14.0 Å². The third-order valence-electron chi connectivity index (χ3n) is 2.97. The third kappa shape index (κ3) is 2.93. The summed E-state index contributed by atoms with van der Waals surface area (Å²) in [6.07, 6.45) is 1.31. The standard InChI is InChI=1S/C14H16N2O3/c1-3-10-4-5-12-11(6-10)7-13(19-12)9(2)16-14(18)15-8-17/h4-9H,3H2,1-2H3,(H2,15,16,17,18). The van der Waals surface area contributed by atoms with Gasteiger partial charge in [0.25, 0.3) is 0 Å². The molecule has 1 aromatic carbocycles. The second kappa shape index (κ2) is 5.56. The Labute approximate surface area is 111 Å². The van der Waals surface area contributed by atoms with Crippen molar-refractivity contribution in [3.05, 3.63) is 35.6 Å². The lowest BCUT2D eigenvalue weighted by molar-refractivity contribution is -0.108. The van der Waals surface area contributed by atoms with E-state index >= 15 is 0 Å². The molecule has 100 valence electrons. The van der Waals surface area contributed by atoms with Gasteiger partial charge in [-0.05, 0) is 37.1 Å². The van der Waals surface area contributed by atoms with Gasteiger partial charge in [0.05, 0.1) is 6.04 Å². The molecule has 0 aliphatic heterocycles. The summed E-state index contributed by atoms with van der Waals surface area (Å²) in [6.45, 7) is 3.89. The van der Waals surface area contributed by atoms with E-state index in [0.717, 1.165) is 17.4 Å². The summed E-state index contributed by atoms with van der Waals surface area (Å²) in [5, 5.41) is 5.65. The van der Waals surface area contributed by atoms with E-state index in [1.807, 2.05) is 23.5 Å². The number of carbonyl (C=O) groups excluding carboxylic acids is 2. The van der Waals surface area contributed by atoms with E-state index < -0.39 is 6.03 Å². The first kappa shape index (κ1) is 13.1. The second-order valence-electron chi connectivity index (χ2n) is 4.33. The number of benzene rings is 1. The smallest absolute Gasteiger partial charge is 0.321 e. The van der Waals surface area contributed by atoms with Crippen LogP contribution in [0.5, 0.6) is 0 Å². The Kier molecular flexibility index (Phi) is 3.85. The molecule has 1 aromatic heterocycles. The quantitative estimate of drug-likeness (QED) is 0.830. The van der Waals surface area contributed by atoms with E-state index in [1.54, 1.807) is 6.92 Å². The molecule has 1 atom stereocenters. The van der Waals surface area contributed by atoms with Gasteiger partial charge in [0.1, 0.15) is 11.3 Å². The van der Waals surface area contributed by atoms with Crippen LogP contribution in [0.15, 0.2) is 28.7 Å². The van der Waals surface area contributed by atoms with Gasteiger partial charge in [0, 0.05) is 5.39 Å². The monoisotopic (exact) mass is 260 g/mol. The van der Waals surface area contributed by atoms with Crippen LogP contribution in [-0.4, -0.2) is 12.4 Å². The minimum Gasteiger partial charge on any atom is -0.459 e. The van der Waals surface area contributed by atoms with E-state index in [1.165, 1.54) is 5.56 Å². The van der Waals surface area contributed by atoms with Gasteiger partial charge in [-0.25, -0.2) is 4.79 Å². The summed E-state index contributed by atoms with van der Waals surface area (Å²) in [4.78, 5) is 21.4. The number of urea groups is 1. The number of imide groups is 1. The van der Waals surface area contributed by atoms with Crippen LogP contribution in [-0.2, 0) is 11.2 Å². The Balaban J connectivity index is 2.20. The number of amides is 3. The van der Waals surface area contributed by atoms with E-state index in [-0.39, 0.29) is 6.04 Å². The van der Waals surface area contributed by atoms with Crippen LogP contribution in [0.1, 0.15) is 31.2 Å². The Morgan fingerprint density at radius 1 is 1.42 bits per heavy atom. The third-order valence-corrected chi connectivity index (χ3v) is 2.97. The van der Waals surface area contributed by atoms with Crippen molar-refractivity contribution in [2.45, 2.75) is 26.3 Å². The number of fused-ring (bicyclic) bond motifs is 1. The molecule has 2 rings (SSSR count). The van der Waals surface area contributed by atoms with Crippen molar-refractivity contribution in [2.75, 3.05) is 0 Å². The molecule has 0 bridgehead atoms. The topological polar surface area (TPSA) is 71.3 Å². The number of hydrogen-bond acceptors (Lipinski definition) is 3. The average molecular weight is 260 g/mol. The van der Waals surface area contributed by atoms with E-state index in [9.17, 15) is 9.59 Å². The highest BCUT2D eigenvalue weighted by atomic mass is 16.3. The first-order chi connectivity index (χ1) is 9.13. The predicted molar refractivity (Wildman–Crippen MR) is 71.7 cm³/mol. The average Bonchev–Trinajstić information content (AvgIpc) is 2.81. The zero-order valence-electron chi connectivity index (χ0n) is 10.9. The summed E-state index contributed by atoms with van der Waals surface area (Å²) in [5.41, 5.74) is 2.02. The van der Waals surface area contributed by atoms with E-state index in [2.05, 4.69) is 18.3 Å². The minimum atomic E-state index is -0.544. The van der Waals surface area contributed by atoms with Gasteiger partial charge in [0.2, 0.25) is 6.41 Å². The van der Waals surface area contributed by atoms with Crippen LogP contribution < -0.4 is 10.6 Å². The van der Waals surface area contributed by atoms with Gasteiger partial charge in [0.15, 0.2) is 0 Å². The van der Waals surface area contributed by atoms with Crippen LogP contribution in [0.3, 0.4) is 0 Å². The molecule has 5 heteroatoms. The first-order valence-electron chi connectivity index (χ1n) is 6.17. The lowest BCUT2D eigenvalue weighted by atomic mass is 10.1. The van der Waals surface area contributed by atoms with Gasteiger partial charge >= 0.3 is 6.03 Å². The summed E-state index contributed by atoms with van der Waals surface area (Å²) < 4.78 is 5.68.